The van der Waals surface area contributed by atoms with Crippen molar-refractivity contribution in [2.45, 2.75) is 33.4 Å². The van der Waals surface area contributed by atoms with E-state index >= 15 is 0 Å². The van der Waals surface area contributed by atoms with E-state index in [0.29, 0.717) is 18.3 Å². The molecule has 0 spiro atoms. The predicted octanol–water partition coefficient (Wildman–Crippen LogP) is 3.09. The van der Waals surface area contributed by atoms with Crippen molar-refractivity contribution in [2.75, 3.05) is 5.32 Å². The molecule has 2 aromatic rings. The number of nitrogens with one attached hydrogen (secondary N) is 1. The Morgan fingerprint density at radius 3 is 2.83 bits per heavy atom. The highest BCUT2D eigenvalue weighted by Gasteiger charge is 2.05. The topological polar surface area (TPSA) is 50.1 Å². The number of aromatic nitrogens is 2. The molecule has 2 N–H and O–H groups in total. The first-order chi connectivity index (χ1) is 8.58. The van der Waals surface area contributed by atoms with Gasteiger partial charge in [-0.2, -0.15) is 5.10 Å². The van der Waals surface area contributed by atoms with E-state index in [0.717, 1.165) is 16.8 Å². The first-order valence-corrected chi connectivity index (χ1v) is 6.13. The quantitative estimate of drug-likeness (QED) is 0.870. The molecule has 2 rings (SSSR count). The van der Waals surface area contributed by atoms with Crippen LogP contribution in [0.5, 0.6) is 5.75 Å². The Balaban J connectivity index is 2.04. The molecule has 0 aliphatic carbocycles. The molecule has 1 aromatic heterocycles. The summed E-state index contributed by atoms with van der Waals surface area (Å²) in [6, 6.07) is 6.12. The molecule has 0 radical (unpaired) electrons. The highest BCUT2D eigenvalue weighted by atomic mass is 16.3. The van der Waals surface area contributed by atoms with Crippen LogP contribution in [-0.4, -0.2) is 14.9 Å². The first kappa shape index (κ1) is 12.5. The summed E-state index contributed by atoms with van der Waals surface area (Å²) in [5, 5.41) is 17.4. The summed E-state index contributed by atoms with van der Waals surface area (Å²) < 4.78 is 1.90. The number of phenolic OH excluding ortho intramolecular Hbond substituents is 1. The molecule has 0 saturated carbocycles. The maximum Gasteiger partial charge on any atom is 0.123 e. The van der Waals surface area contributed by atoms with E-state index in [1.165, 1.54) is 0 Å². The lowest BCUT2D eigenvalue weighted by molar-refractivity contribution is 0.465. The van der Waals surface area contributed by atoms with Gasteiger partial charge in [-0.05, 0) is 26.3 Å². The molecule has 96 valence electrons. The van der Waals surface area contributed by atoms with Gasteiger partial charge in [-0.25, -0.2) is 0 Å². The van der Waals surface area contributed by atoms with Crippen LogP contribution in [-0.2, 0) is 6.54 Å². The Labute approximate surface area is 107 Å². The highest BCUT2D eigenvalue weighted by molar-refractivity contribution is 5.44. The van der Waals surface area contributed by atoms with Gasteiger partial charge in [-0.1, -0.05) is 18.2 Å². The zero-order valence-electron chi connectivity index (χ0n) is 11.0. The van der Waals surface area contributed by atoms with E-state index in [2.05, 4.69) is 24.3 Å². The van der Waals surface area contributed by atoms with Crippen LogP contribution in [0.25, 0.3) is 0 Å². The molecule has 1 aromatic carbocycles. The van der Waals surface area contributed by atoms with E-state index in [1.54, 1.807) is 6.20 Å². The van der Waals surface area contributed by atoms with Crippen LogP contribution in [0.3, 0.4) is 0 Å². The highest BCUT2D eigenvalue weighted by Crippen LogP contribution is 2.22. The second kappa shape index (κ2) is 5.12. The minimum atomic E-state index is 0.355. The number of aryl methyl sites for hydroxylation is 1. The zero-order valence-corrected chi connectivity index (χ0v) is 11.0. The van der Waals surface area contributed by atoms with Gasteiger partial charge in [0.15, 0.2) is 0 Å². The Morgan fingerprint density at radius 2 is 2.17 bits per heavy atom. The number of phenols is 1. The van der Waals surface area contributed by atoms with Crippen LogP contribution in [0.1, 0.15) is 31.0 Å². The molecule has 1 heterocycles. The third kappa shape index (κ3) is 2.64. The smallest absolute Gasteiger partial charge is 0.123 e. The molecule has 18 heavy (non-hydrogen) atoms. The van der Waals surface area contributed by atoms with Gasteiger partial charge < -0.3 is 10.4 Å². The predicted molar refractivity (Wildman–Crippen MR) is 72.8 cm³/mol. The zero-order chi connectivity index (χ0) is 13.1. The molecule has 0 bridgehead atoms. The van der Waals surface area contributed by atoms with E-state index in [4.69, 9.17) is 0 Å². The van der Waals surface area contributed by atoms with Crippen molar-refractivity contribution >= 4 is 5.69 Å². The Bertz CT molecular complexity index is 532. The summed E-state index contributed by atoms with van der Waals surface area (Å²) in [4.78, 5) is 0. The van der Waals surface area contributed by atoms with Crippen LogP contribution in [0.2, 0.25) is 0 Å². The van der Waals surface area contributed by atoms with Gasteiger partial charge in [-0.3, -0.25) is 4.68 Å². The molecule has 4 nitrogen and oxygen atoms in total. The Morgan fingerprint density at radius 1 is 1.39 bits per heavy atom. The molecule has 0 saturated heterocycles. The van der Waals surface area contributed by atoms with Gasteiger partial charge in [0.2, 0.25) is 0 Å². The van der Waals surface area contributed by atoms with Gasteiger partial charge >= 0.3 is 0 Å². The van der Waals surface area contributed by atoms with Crippen molar-refractivity contribution in [3.8, 4) is 5.75 Å². The van der Waals surface area contributed by atoms with Crippen molar-refractivity contribution in [3.63, 3.8) is 0 Å². The number of rotatable bonds is 4. The monoisotopic (exact) mass is 245 g/mol. The van der Waals surface area contributed by atoms with E-state index in [-0.39, 0.29) is 0 Å². The fraction of sp³-hybridized carbons (Fsp3) is 0.357. The van der Waals surface area contributed by atoms with Crippen molar-refractivity contribution in [3.05, 3.63) is 41.7 Å². The van der Waals surface area contributed by atoms with E-state index in [9.17, 15) is 5.11 Å². The first-order valence-electron chi connectivity index (χ1n) is 6.13. The largest absolute Gasteiger partial charge is 0.507 e. The van der Waals surface area contributed by atoms with Crippen LogP contribution in [0, 0.1) is 6.92 Å². The second-order valence-corrected chi connectivity index (χ2v) is 4.74. The fourth-order valence-electron chi connectivity index (χ4n) is 1.77. The minimum Gasteiger partial charge on any atom is -0.507 e. The third-order valence-electron chi connectivity index (χ3n) is 2.93. The molecule has 0 unspecified atom stereocenters. The fourth-order valence-corrected chi connectivity index (χ4v) is 1.77. The van der Waals surface area contributed by atoms with Gasteiger partial charge in [0.25, 0.3) is 0 Å². The van der Waals surface area contributed by atoms with Crippen molar-refractivity contribution in [1.82, 2.24) is 9.78 Å². The van der Waals surface area contributed by atoms with Gasteiger partial charge in [-0.15, -0.1) is 0 Å². The lowest BCUT2D eigenvalue weighted by atomic mass is 10.1. The number of benzene rings is 1. The lowest BCUT2D eigenvalue weighted by Gasteiger charge is -2.08. The van der Waals surface area contributed by atoms with Crippen molar-refractivity contribution in [2.24, 2.45) is 0 Å². The summed E-state index contributed by atoms with van der Waals surface area (Å²) in [6.45, 7) is 6.67. The lowest BCUT2D eigenvalue weighted by Crippen LogP contribution is -2.01. The molecule has 0 aliphatic heterocycles. The third-order valence-corrected chi connectivity index (χ3v) is 2.93. The van der Waals surface area contributed by atoms with Crippen LogP contribution < -0.4 is 5.32 Å². The summed E-state index contributed by atoms with van der Waals surface area (Å²) in [6.07, 6.45) is 3.77. The molecular formula is C14H19N3O. The molecule has 4 heteroatoms. The summed E-state index contributed by atoms with van der Waals surface area (Å²) in [5.41, 5.74) is 2.75. The number of aromatic hydroxyl groups is 1. The normalized spacial score (nSPS) is 10.9. The minimum absolute atomic E-state index is 0.355. The second-order valence-electron chi connectivity index (χ2n) is 4.74. The molecule has 0 aliphatic rings. The maximum atomic E-state index is 9.91. The van der Waals surface area contributed by atoms with Gasteiger partial charge in [0, 0.05) is 24.3 Å². The van der Waals surface area contributed by atoms with E-state index < -0.39 is 0 Å². The summed E-state index contributed by atoms with van der Waals surface area (Å²) >= 11 is 0. The molecule has 0 fully saturated rings. The van der Waals surface area contributed by atoms with Crippen molar-refractivity contribution in [1.29, 1.82) is 0 Å². The molecular weight excluding hydrogens is 226 g/mol. The average Bonchev–Trinajstić information content (AvgIpc) is 2.80. The maximum absolute atomic E-state index is 9.91. The van der Waals surface area contributed by atoms with Crippen molar-refractivity contribution < 1.29 is 5.11 Å². The average molecular weight is 245 g/mol. The number of hydrogen-bond donors (Lipinski definition) is 2. The summed E-state index contributed by atoms with van der Waals surface area (Å²) in [5.74, 6) is 0.362. The van der Waals surface area contributed by atoms with Crippen LogP contribution in [0.15, 0.2) is 30.6 Å². The molecule has 0 atom stereocenters. The Hall–Kier alpha value is -1.97. The SMILES string of the molecule is Cc1cccc(CNc2cnn(C(C)C)c2)c1O. The Kier molecular flexibility index (Phi) is 3.55. The van der Waals surface area contributed by atoms with E-state index in [1.807, 2.05) is 36.0 Å². The summed E-state index contributed by atoms with van der Waals surface area (Å²) in [7, 11) is 0. The van der Waals surface area contributed by atoms with Gasteiger partial charge in [0.1, 0.15) is 5.75 Å². The van der Waals surface area contributed by atoms with Crippen LogP contribution >= 0.6 is 0 Å². The standard InChI is InChI=1S/C14H19N3O/c1-10(2)17-9-13(8-16-17)15-7-12-6-4-5-11(3)14(12)18/h4-6,8-10,15,18H,7H2,1-3H3. The number of anilines is 1. The number of hydrogen-bond acceptors (Lipinski definition) is 3. The van der Waals surface area contributed by atoms with Crippen LogP contribution in [0.4, 0.5) is 5.69 Å². The van der Waals surface area contributed by atoms with Gasteiger partial charge in [0.05, 0.1) is 11.9 Å². The number of nitrogens with zero attached hydrogens (tertiary/aromatic N) is 2. The molecule has 0 amide bonds. The number of para-hydroxylation sites is 1.